The van der Waals surface area contributed by atoms with E-state index < -0.39 is 0 Å². The van der Waals surface area contributed by atoms with Crippen molar-refractivity contribution in [2.24, 2.45) is 11.8 Å². The molecule has 114 valence electrons. The Bertz CT molecular complexity index is 550. The van der Waals surface area contributed by atoms with E-state index in [9.17, 15) is 4.79 Å². The highest BCUT2D eigenvalue weighted by atomic mass is 35.5. The van der Waals surface area contributed by atoms with Crippen LogP contribution in [0.5, 0.6) is 0 Å². The molecule has 2 N–H and O–H groups in total. The van der Waals surface area contributed by atoms with Crippen LogP contribution in [-0.4, -0.2) is 13.0 Å². The van der Waals surface area contributed by atoms with E-state index in [1.54, 1.807) is 0 Å². The van der Waals surface area contributed by atoms with Crippen LogP contribution in [0.3, 0.4) is 0 Å². The molecule has 1 aromatic carbocycles. The second-order valence-corrected chi connectivity index (χ2v) is 6.95. The Morgan fingerprint density at radius 3 is 2.67 bits per heavy atom. The van der Waals surface area contributed by atoms with Gasteiger partial charge < -0.3 is 10.6 Å². The van der Waals surface area contributed by atoms with Gasteiger partial charge in [-0.3, -0.25) is 4.79 Å². The van der Waals surface area contributed by atoms with Gasteiger partial charge in [-0.2, -0.15) is 0 Å². The summed E-state index contributed by atoms with van der Waals surface area (Å²) in [6.45, 7) is 2.34. The lowest BCUT2D eigenvalue weighted by Crippen LogP contribution is -2.28. The summed E-state index contributed by atoms with van der Waals surface area (Å²) >= 11 is 6.49. The van der Waals surface area contributed by atoms with E-state index in [1.165, 1.54) is 25.7 Å². The number of rotatable bonds is 3. The number of amides is 1. The molecule has 3 rings (SSSR count). The molecule has 3 nitrogen and oxygen atoms in total. The molecule has 1 heterocycles. The Labute approximate surface area is 131 Å². The molecule has 1 fully saturated rings. The van der Waals surface area contributed by atoms with E-state index in [2.05, 4.69) is 23.6 Å². The lowest BCUT2D eigenvalue weighted by Gasteiger charge is -2.33. The van der Waals surface area contributed by atoms with Gasteiger partial charge in [0.15, 0.2) is 0 Å². The Morgan fingerprint density at radius 2 is 2.00 bits per heavy atom. The van der Waals surface area contributed by atoms with E-state index in [1.807, 2.05) is 13.1 Å². The average molecular weight is 307 g/mol. The summed E-state index contributed by atoms with van der Waals surface area (Å²) in [6.07, 6.45) is 5.56. The van der Waals surface area contributed by atoms with Crippen LogP contribution in [0.1, 0.15) is 49.8 Å². The van der Waals surface area contributed by atoms with Crippen molar-refractivity contribution in [1.82, 2.24) is 5.32 Å². The molecule has 1 atom stereocenters. The third-order valence-corrected chi connectivity index (χ3v) is 5.35. The van der Waals surface area contributed by atoms with Crippen LogP contribution < -0.4 is 10.6 Å². The zero-order chi connectivity index (χ0) is 15.0. The van der Waals surface area contributed by atoms with Gasteiger partial charge in [0.05, 0.1) is 6.42 Å². The van der Waals surface area contributed by atoms with E-state index >= 15 is 0 Å². The number of benzene rings is 1. The Balaban J connectivity index is 1.87. The highest BCUT2D eigenvalue weighted by molar-refractivity contribution is 6.32. The zero-order valence-electron chi connectivity index (χ0n) is 12.7. The monoisotopic (exact) mass is 306 g/mol. The molecule has 0 bridgehead atoms. The maximum Gasteiger partial charge on any atom is 0.228 e. The quantitative estimate of drug-likeness (QED) is 0.888. The highest BCUT2D eigenvalue weighted by Crippen LogP contribution is 2.40. The number of hydrogen-bond donors (Lipinski definition) is 2. The molecule has 0 radical (unpaired) electrons. The third kappa shape index (κ3) is 2.95. The van der Waals surface area contributed by atoms with Crippen molar-refractivity contribution in [2.75, 3.05) is 12.4 Å². The Kier molecular flexibility index (Phi) is 4.23. The van der Waals surface area contributed by atoms with Crippen molar-refractivity contribution in [3.63, 3.8) is 0 Å². The van der Waals surface area contributed by atoms with Crippen LogP contribution in [0.2, 0.25) is 5.02 Å². The first kappa shape index (κ1) is 14.9. The normalized spacial score (nSPS) is 26.3. The number of hydrogen-bond acceptors (Lipinski definition) is 2. The maximum absolute atomic E-state index is 11.5. The summed E-state index contributed by atoms with van der Waals surface area (Å²) < 4.78 is 0. The lowest BCUT2D eigenvalue weighted by molar-refractivity contribution is -0.115. The lowest BCUT2D eigenvalue weighted by atomic mass is 9.77. The Morgan fingerprint density at radius 1 is 1.29 bits per heavy atom. The number of nitrogens with one attached hydrogen (secondary N) is 2. The van der Waals surface area contributed by atoms with Gasteiger partial charge in [0.25, 0.3) is 0 Å². The minimum Gasteiger partial charge on any atom is -0.325 e. The first-order valence-corrected chi connectivity index (χ1v) is 8.25. The predicted molar refractivity (Wildman–Crippen MR) is 86.7 cm³/mol. The number of carbonyl (C=O) groups is 1. The highest BCUT2D eigenvalue weighted by Gasteiger charge is 2.29. The number of fused-ring (bicyclic) bond motifs is 1. The summed E-state index contributed by atoms with van der Waals surface area (Å²) in [4.78, 5) is 11.5. The molecular formula is C17H23ClN2O. The van der Waals surface area contributed by atoms with Crippen molar-refractivity contribution in [3.05, 3.63) is 28.3 Å². The van der Waals surface area contributed by atoms with Crippen molar-refractivity contribution in [2.45, 2.75) is 45.1 Å². The molecule has 1 unspecified atom stereocenters. The second kappa shape index (κ2) is 5.98. The topological polar surface area (TPSA) is 41.1 Å². The van der Waals surface area contributed by atoms with Crippen molar-refractivity contribution >= 4 is 23.2 Å². The minimum atomic E-state index is 0.0608. The van der Waals surface area contributed by atoms with Crippen molar-refractivity contribution < 1.29 is 4.79 Å². The molecule has 1 aromatic rings. The fourth-order valence-corrected chi connectivity index (χ4v) is 4.05. The van der Waals surface area contributed by atoms with E-state index in [0.717, 1.165) is 27.8 Å². The molecule has 1 aliphatic carbocycles. The first-order valence-electron chi connectivity index (χ1n) is 7.88. The number of carbonyl (C=O) groups excluding carboxylic acids is 1. The summed E-state index contributed by atoms with van der Waals surface area (Å²) in [5.41, 5.74) is 3.10. The zero-order valence-corrected chi connectivity index (χ0v) is 13.5. The van der Waals surface area contributed by atoms with E-state index in [0.29, 0.717) is 12.3 Å². The summed E-state index contributed by atoms with van der Waals surface area (Å²) in [5.74, 6) is 1.54. The van der Waals surface area contributed by atoms with Gasteiger partial charge in [0.2, 0.25) is 5.91 Å². The molecule has 21 heavy (non-hydrogen) atoms. The van der Waals surface area contributed by atoms with Gasteiger partial charge in [-0.15, -0.1) is 0 Å². The van der Waals surface area contributed by atoms with Crippen LogP contribution in [0.15, 0.2) is 12.1 Å². The van der Waals surface area contributed by atoms with Crippen LogP contribution in [0.4, 0.5) is 5.69 Å². The molecule has 0 aromatic heterocycles. The summed E-state index contributed by atoms with van der Waals surface area (Å²) in [7, 11) is 2.01. The first-order chi connectivity index (χ1) is 10.1. The van der Waals surface area contributed by atoms with Crippen LogP contribution in [0, 0.1) is 11.8 Å². The molecule has 1 amide bonds. The van der Waals surface area contributed by atoms with Gasteiger partial charge in [-0.05, 0) is 48.9 Å². The van der Waals surface area contributed by atoms with Gasteiger partial charge in [-0.1, -0.05) is 37.4 Å². The van der Waals surface area contributed by atoms with Crippen molar-refractivity contribution in [1.29, 1.82) is 0 Å². The molecule has 2 aliphatic rings. The standard InChI is InChI=1S/C17H23ClN2O/c1-10-3-5-11(6-4-10)17(19-2)13-7-12-8-16(21)20-15(12)9-14(13)18/h7,9-11,17,19H,3-6,8H2,1-2H3,(H,20,21). The van der Waals surface area contributed by atoms with Crippen LogP contribution in [-0.2, 0) is 11.2 Å². The van der Waals surface area contributed by atoms with Crippen LogP contribution >= 0.6 is 11.6 Å². The largest absolute Gasteiger partial charge is 0.325 e. The maximum atomic E-state index is 11.5. The van der Waals surface area contributed by atoms with Crippen molar-refractivity contribution in [3.8, 4) is 0 Å². The SMILES string of the molecule is CNC(c1cc2c(cc1Cl)NC(=O)C2)C1CCC(C)CC1. The van der Waals surface area contributed by atoms with E-state index in [-0.39, 0.29) is 11.9 Å². The fraction of sp³-hybridized carbons (Fsp3) is 0.588. The van der Waals surface area contributed by atoms with Gasteiger partial charge in [0.1, 0.15) is 0 Å². The number of anilines is 1. The summed E-state index contributed by atoms with van der Waals surface area (Å²) in [6, 6.07) is 4.31. The van der Waals surface area contributed by atoms with Gasteiger partial charge >= 0.3 is 0 Å². The molecular weight excluding hydrogens is 284 g/mol. The smallest absolute Gasteiger partial charge is 0.228 e. The molecule has 0 spiro atoms. The minimum absolute atomic E-state index is 0.0608. The molecule has 1 saturated carbocycles. The average Bonchev–Trinajstić information content (AvgIpc) is 2.81. The molecule has 4 heteroatoms. The van der Waals surface area contributed by atoms with Gasteiger partial charge in [0, 0.05) is 16.8 Å². The number of halogens is 1. The molecule has 1 aliphatic heterocycles. The third-order valence-electron chi connectivity index (χ3n) is 5.03. The fourth-order valence-electron chi connectivity index (χ4n) is 3.77. The Hall–Kier alpha value is -1.06. The summed E-state index contributed by atoms with van der Waals surface area (Å²) in [5, 5.41) is 7.08. The second-order valence-electron chi connectivity index (χ2n) is 6.54. The van der Waals surface area contributed by atoms with Crippen LogP contribution in [0.25, 0.3) is 0 Å². The van der Waals surface area contributed by atoms with Gasteiger partial charge in [-0.25, -0.2) is 0 Å². The molecule has 0 saturated heterocycles. The predicted octanol–water partition coefficient (Wildman–Crippen LogP) is 3.92. The van der Waals surface area contributed by atoms with E-state index in [4.69, 9.17) is 11.6 Å².